The first-order valence-corrected chi connectivity index (χ1v) is 12.8. The Labute approximate surface area is 189 Å². The van der Waals surface area contributed by atoms with Crippen LogP contribution in [-0.2, 0) is 21.0 Å². The highest BCUT2D eigenvalue weighted by molar-refractivity contribution is 7.90. The van der Waals surface area contributed by atoms with Crippen LogP contribution in [0.2, 0.25) is 0 Å². The highest BCUT2D eigenvalue weighted by atomic mass is 32.2. The Morgan fingerprint density at radius 2 is 1.88 bits per heavy atom. The van der Waals surface area contributed by atoms with Gasteiger partial charge in [-0.1, -0.05) is 0 Å². The van der Waals surface area contributed by atoms with E-state index in [4.69, 9.17) is 9.47 Å². The molecule has 0 radical (unpaired) electrons. The molecule has 172 valence electrons. The number of piperidine rings is 1. The quantitative estimate of drug-likeness (QED) is 0.675. The Hall–Kier alpha value is -2.81. The molecule has 0 spiro atoms. The molecule has 1 fully saturated rings. The number of hydrogen-bond donors (Lipinski definition) is 0. The van der Waals surface area contributed by atoms with E-state index in [1.54, 1.807) is 23.2 Å². The number of hydrogen-bond acceptors (Lipinski definition) is 7. The zero-order valence-electron chi connectivity index (χ0n) is 18.7. The van der Waals surface area contributed by atoms with Crippen LogP contribution >= 0.6 is 0 Å². The molecule has 2 aromatic rings. The van der Waals surface area contributed by atoms with Crippen LogP contribution in [0, 0.1) is 0 Å². The lowest BCUT2D eigenvalue weighted by Crippen LogP contribution is -2.42. The van der Waals surface area contributed by atoms with Gasteiger partial charge in [0.2, 0.25) is 5.88 Å². The van der Waals surface area contributed by atoms with Gasteiger partial charge in [-0.15, -0.1) is 0 Å². The second-order valence-corrected chi connectivity index (χ2v) is 10.6. The van der Waals surface area contributed by atoms with Crippen molar-refractivity contribution in [3.8, 4) is 5.88 Å². The minimum atomic E-state index is -3.23. The van der Waals surface area contributed by atoms with E-state index in [1.165, 1.54) is 6.26 Å². The van der Waals surface area contributed by atoms with Crippen LogP contribution in [0.25, 0.3) is 0 Å². The van der Waals surface area contributed by atoms with Gasteiger partial charge >= 0.3 is 6.09 Å². The molecule has 1 aromatic heterocycles. The van der Waals surface area contributed by atoms with Crippen LogP contribution in [0.15, 0.2) is 41.4 Å². The molecule has 2 aliphatic rings. The Kier molecular flexibility index (Phi) is 6.28. The number of carbonyl (C=O) groups is 1. The van der Waals surface area contributed by atoms with E-state index in [0.717, 1.165) is 42.7 Å². The molecule has 9 heteroatoms. The molecule has 1 amide bonds. The molecule has 3 heterocycles. The van der Waals surface area contributed by atoms with Crippen LogP contribution in [0.3, 0.4) is 0 Å². The van der Waals surface area contributed by atoms with Gasteiger partial charge in [0, 0.05) is 62.4 Å². The summed E-state index contributed by atoms with van der Waals surface area (Å²) in [5.74, 6) is 0.548. The third-order valence-corrected chi connectivity index (χ3v) is 6.84. The SMILES string of the molecule is CC(C)OC(=O)N1CCC(Oc2cc(N3CCc4cc(S(C)(=O)=O)ccc43)ccn2)CC1. The van der Waals surface area contributed by atoms with Crippen LogP contribution < -0.4 is 9.64 Å². The van der Waals surface area contributed by atoms with Crippen LogP contribution in [0.4, 0.5) is 16.2 Å². The van der Waals surface area contributed by atoms with Gasteiger partial charge in [-0.3, -0.25) is 0 Å². The molecule has 8 nitrogen and oxygen atoms in total. The van der Waals surface area contributed by atoms with E-state index in [9.17, 15) is 13.2 Å². The molecule has 0 aliphatic carbocycles. The van der Waals surface area contributed by atoms with Crippen LogP contribution in [0.5, 0.6) is 5.88 Å². The summed E-state index contributed by atoms with van der Waals surface area (Å²) in [7, 11) is -3.23. The monoisotopic (exact) mass is 459 g/mol. The van der Waals surface area contributed by atoms with Gasteiger partial charge in [0.15, 0.2) is 9.84 Å². The van der Waals surface area contributed by atoms with Crippen molar-refractivity contribution in [3.05, 3.63) is 42.1 Å². The van der Waals surface area contributed by atoms with Gasteiger partial charge in [0.1, 0.15) is 6.10 Å². The standard InChI is InChI=1S/C23H29N3O5S/c1-16(2)30-23(27)25-11-8-19(9-12-25)31-22-15-18(6-10-24-22)26-13-7-17-14-20(32(3,28)29)4-5-21(17)26/h4-6,10,14-16,19H,7-9,11-13H2,1-3H3. The number of nitrogens with zero attached hydrogens (tertiary/aromatic N) is 3. The zero-order valence-corrected chi connectivity index (χ0v) is 19.5. The summed E-state index contributed by atoms with van der Waals surface area (Å²) in [6.45, 7) is 5.64. The highest BCUT2D eigenvalue weighted by Crippen LogP contribution is 2.36. The molecule has 2 aliphatic heterocycles. The Morgan fingerprint density at radius 3 is 2.56 bits per heavy atom. The zero-order chi connectivity index (χ0) is 22.9. The first kappa shape index (κ1) is 22.4. The normalized spacial score (nSPS) is 16.9. The number of ether oxygens (including phenoxy) is 2. The van der Waals surface area contributed by atoms with Crippen molar-refractivity contribution >= 4 is 27.3 Å². The number of fused-ring (bicyclic) bond motifs is 1. The molecule has 32 heavy (non-hydrogen) atoms. The number of benzene rings is 1. The van der Waals surface area contributed by atoms with E-state index in [0.29, 0.717) is 23.9 Å². The molecule has 1 saturated heterocycles. The fraction of sp³-hybridized carbons (Fsp3) is 0.478. The molecule has 4 rings (SSSR count). The highest BCUT2D eigenvalue weighted by Gasteiger charge is 2.27. The van der Waals surface area contributed by atoms with Crippen LogP contribution in [0.1, 0.15) is 32.3 Å². The predicted octanol–water partition coefficient (Wildman–Crippen LogP) is 3.57. The maximum atomic E-state index is 12.1. The first-order chi connectivity index (χ1) is 15.2. The topological polar surface area (TPSA) is 89.0 Å². The summed E-state index contributed by atoms with van der Waals surface area (Å²) in [4.78, 5) is 20.6. The number of anilines is 2. The van der Waals surface area contributed by atoms with Crippen molar-refractivity contribution in [2.24, 2.45) is 0 Å². The second-order valence-electron chi connectivity index (χ2n) is 8.55. The van der Waals surface area contributed by atoms with Gasteiger partial charge in [-0.05, 0) is 50.1 Å². The van der Waals surface area contributed by atoms with E-state index >= 15 is 0 Å². The Bertz CT molecular complexity index is 1090. The fourth-order valence-corrected chi connectivity index (χ4v) is 4.78. The number of carbonyl (C=O) groups excluding carboxylic acids is 1. The Balaban J connectivity index is 1.41. The first-order valence-electron chi connectivity index (χ1n) is 10.9. The van der Waals surface area contributed by atoms with Crippen molar-refractivity contribution in [1.29, 1.82) is 0 Å². The summed E-state index contributed by atoms with van der Waals surface area (Å²) in [5.41, 5.74) is 2.98. The van der Waals surface area contributed by atoms with Gasteiger partial charge in [-0.2, -0.15) is 0 Å². The fourth-order valence-electron chi connectivity index (χ4n) is 4.11. The van der Waals surface area contributed by atoms with E-state index in [-0.39, 0.29) is 18.3 Å². The number of likely N-dealkylation sites (tertiary alicyclic amines) is 1. The summed E-state index contributed by atoms with van der Waals surface area (Å²) in [6, 6.07) is 9.13. The predicted molar refractivity (Wildman–Crippen MR) is 121 cm³/mol. The minimum absolute atomic E-state index is 0.0102. The minimum Gasteiger partial charge on any atom is -0.474 e. The number of aromatic nitrogens is 1. The van der Waals surface area contributed by atoms with Crippen molar-refractivity contribution in [2.45, 2.75) is 50.2 Å². The number of rotatable bonds is 5. The molecule has 1 aromatic carbocycles. The molecule has 0 saturated carbocycles. The third-order valence-electron chi connectivity index (χ3n) is 5.73. The van der Waals surface area contributed by atoms with Crippen molar-refractivity contribution in [3.63, 3.8) is 0 Å². The van der Waals surface area contributed by atoms with E-state index in [2.05, 4.69) is 9.88 Å². The van der Waals surface area contributed by atoms with Crippen molar-refractivity contribution in [1.82, 2.24) is 9.88 Å². The summed E-state index contributed by atoms with van der Waals surface area (Å²) in [6.07, 6.45) is 4.77. The van der Waals surface area contributed by atoms with Gasteiger partial charge in [0.05, 0.1) is 11.0 Å². The largest absolute Gasteiger partial charge is 0.474 e. The molecular formula is C23H29N3O5S. The molecule has 0 bridgehead atoms. The summed E-state index contributed by atoms with van der Waals surface area (Å²) < 4.78 is 35.1. The van der Waals surface area contributed by atoms with Crippen molar-refractivity contribution in [2.75, 3.05) is 30.8 Å². The van der Waals surface area contributed by atoms with Crippen molar-refractivity contribution < 1.29 is 22.7 Å². The average Bonchev–Trinajstić information content (AvgIpc) is 3.17. The van der Waals surface area contributed by atoms with Gasteiger partial charge < -0.3 is 19.3 Å². The van der Waals surface area contributed by atoms with Gasteiger partial charge in [0.25, 0.3) is 0 Å². The van der Waals surface area contributed by atoms with E-state index in [1.807, 2.05) is 32.0 Å². The third kappa shape index (κ3) is 4.98. The maximum absolute atomic E-state index is 12.1. The molecule has 0 atom stereocenters. The molecule has 0 N–H and O–H groups in total. The average molecular weight is 460 g/mol. The smallest absolute Gasteiger partial charge is 0.410 e. The van der Waals surface area contributed by atoms with Crippen LogP contribution in [-0.4, -0.2) is 62.5 Å². The molecule has 0 unspecified atom stereocenters. The maximum Gasteiger partial charge on any atom is 0.410 e. The number of amides is 1. The Morgan fingerprint density at radius 1 is 1.12 bits per heavy atom. The summed E-state index contributed by atoms with van der Waals surface area (Å²) >= 11 is 0. The lowest BCUT2D eigenvalue weighted by Gasteiger charge is -2.31. The second kappa shape index (κ2) is 8.97. The number of sulfone groups is 1. The summed E-state index contributed by atoms with van der Waals surface area (Å²) in [5, 5.41) is 0. The number of pyridine rings is 1. The molecular weight excluding hydrogens is 430 g/mol. The van der Waals surface area contributed by atoms with Gasteiger partial charge in [-0.25, -0.2) is 18.2 Å². The van der Waals surface area contributed by atoms with E-state index < -0.39 is 9.84 Å². The lowest BCUT2D eigenvalue weighted by atomic mass is 10.1. The lowest BCUT2D eigenvalue weighted by molar-refractivity contribution is 0.0507.